The van der Waals surface area contributed by atoms with E-state index in [1.165, 1.54) is 0 Å². The van der Waals surface area contributed by atoms with E-state index < -0.39 is 34.2 Å². The molecule has 2 aliphatic rings. The average molecular weight is 486 g/mol. The van der Waals surface area contributed by atoms with Gasteiger partial charge in [0.25, 0.3) is 11.8 Å². The molecule has 0 spiro atoms. The number of ketones is 2. The summed E-state index contributed by atoms with van der Waals surface area (Å²) in [6.07, 6.45) is 0. The topological polar surface area (TPSA) is 71.5 Å². The number of hydrogen-bond acceptors (Lipinski definition) is 4. The zero-order valence-electron chi connectivity index (χ0n) is 20.4. The van der Waals surface area contributed by atoms with Crippen LogP contribution in [0.25, 0.3) is 11.1 Å². The summed E-state index contributed by atoms with van der Waals surface area (Å²) in [4.78, 5) is 51.2. The van der Waals surface area contributed by atoms with E-state index in [0.717, 1.165) is 52.1 Å². The van der Waals surface area contributed by atoms with Crippen LogP contribution in [0.3, 0.4) is 0 Å². The fourth-order valence-electron chi connectivity index (χ4n) is 6.12. The summed E-state index contributed by atoms with van der Waals surface area (Å²) in [6, 6.07) is 34.2. The number of hydrogen-bond donors (Lipinski definition) is 0. The van der Waals surface area contributed by atoms with Crippen molar-refractivity contribution < 1.29 is 19.2 Å². The van der Waals surface area contributed by atoms with Crippen LogP contribution in [0.4, 0.5) is 5.69 Å². The van der Waals surface area contributed by atoms with Gasteiger partial charge in [-0.25, -0.2) is 4.90 Å². The molecular formula is C32H23NO4. The summed E-state index contributed by atoms with van der Waals surface area (Å²) in [5.41, 5.74) is 4.22. The van der Waals surface area contributed by atoms with Crippen molar-refractivity contribution in [2.75, 3.05) is 4.90 Å². The molecule has 0 radical (unpaired) electrons. The predicted molar refractivity (Wildman–Crippen MR) is 140 cm³/mol. The maximum Gasteiger partial charge on any atom is 0.264 e. The van der Waals surface area contributed by atoms with Crippen LogP contribution in [0.15, 0.2) is 103 Å². The van der Waals surface area contributed by atoms with Gasteiger partial charge in [0, 0.05) is 0 Å². The van der Waals surface area contributed by atoms with E-state index >= 15 is 0 Å². The lowest BCUT2D eigenvalue weighted by Gasteiger charge is -2.43. The van der Waals surface area contributed by atoms with Gasteiger partial charge in [-0.1, -0.05) is 91.0 Å². The number of β-lactam (4-membered cyclic amide) rings is 2. The van der Waals surface area contributed by atoms with Crippen LogP contribution in [-0.2, 0) is 24.6 Å². The zero-order chi connectivity index (χ0) is 25.9. The summed E-state index contributed by atoms with van der Waals surface area (Å²) in [5, 5.41) is 0. The van der Waals surface area contributed by atoms with Gasteiger partial charge in [0.05, 0.1) is 11.1 Å². The van der Waals surface area contributed by atoms with Crippen molar-refractivity contribution in [2.24, 2.45) is 5.41 Å². The summed E-state index contributed by atoms with van der Waals surface area (Å²) in [7, 11) is 0. The van der Waals surface area contributed by atoms with Crippen molar-refractivity contribution in [3.8, 4) is 11.1 Å². The molecule has 4 aromatic rings. The Morgan fingerprint density at radius 3 is 1.49 bits per heavy atom. The van der Waals surface area contributed by atoms with Crippen molar-refractivity contribution in [1.29, 1.82) is 0 Å². The van der Waals surface area contributed by atoms with Gasteiger partial charge in [-0.05, 0) is 59.4 Å². The minimum Gasteiger partial charge on any atom is -0.298 e. The molecule has 0 atom stereocenters. The molecule has 0 saturated carbocycles. The molecule has 180 valence electrons. The molecule has 5 heteroatoms. The molecular weight excluding hydrogens is 462 g/mol. The lowest BCUT2D eigenvalue weighted by molar-refractivity contribution is -0.161. The molecule has 0 N–H and O–H groups in total. The highest BCUT2D eigenvalue weighted by atomic mass is 16.2. The third-order valence-corrected chi connectivity index (χ3v) is 7.82. The number of anilines is 1. The van der Waals surface area contributed by atoms with Gasteiger partial charge in [-0.15, -0.1) is 0 Å². The molecule has 0 bridgehead atoms. The van der Waals surface area contributed by atoms with E-state index in [0.29, 0.717) is 5.69 Å². The number of Topliss-reactive ketones (excluding diaryl/α,β-unsaturated/α-hetero) is 2. The lowest BCUT2D eigenvalue weighted by Crippen LogP contribution is -2.72. The van der Waals surface area contributed by atoms with Crippen LogP contribution in [0, 0.1) is 5.41 Å². The molecule has 2 amide bonds. The van der Waals surface area contributed by atoms with E-state index in [9.17, 15) is 19.2 Å². The molecule has 1 aliphatic carbocycles. The molecule has 0 aromatic heterocycles. The Morgan fingerprint density at radius 1 is 0.568 bits per heavy atom. The maximum absolute atomic E-state index is 13.0. The van der Waals surface area contributed by atoms with Gasteiger partial charge in [0.15, 0.2) is 11.6 Å². The standard InChI is InChI=1S/C32H23NO4/c1-20(34)31(21(2)35)29(36)33(30(31)37)24-18-16-23(17-19-24)32(22-10-4-3-5-11-22)27-14-8-6-12-25(27)26-13-7-9-15-28(26)32/h3-19H,1-2H3. The fourth-order valence-corrected chi connectivity index (χ4v) is 6.12. The number of imide groups is 1. The van der Waals surface area contributed by atoms with Gasteiger partial charge >= 0.3 is 0 Å². The predicted octanol–water partition coefficient (Wildman–Crippen LogP) is 5.09. The number of carbonyl (C=O) groups excluding carboxylic acids is 4. The monoisotopic (exact) mass is 485 g/mol. The van der Waals surface area contributed by atoms with Crippen molar-refractivity contribution in [3.63, 3.8) is 0 Å². The SMILES string of the molecule is CC(=O)C1(C(C)=O)C(=O)N(c2ccc(C3(c4ccccc4)c4ccccc4-c4ccccc43)cc2)C1=O. The van der Waals surface area contributed by atoms with Gasteiger partial charge in [-0.2, -0.15) is 0 Å². The Bertz CT molecular complexity index is 1540. The first-order chi connectivity index (χ1) is 17.9. The Labute approximate surface area is 214 Å². The summed E-state index contributed by atoms with van der Waals surface area (Å²) < 4.78 is 0. The lowest BCUT2D eigenvalue weighted by atomic mass is 9.67. The summed E-state index contributed by atoms with van der Waals surface area (Å²) >= 11 is 0. The zero-order valence-corrected chi connectivity index (χ0v) is 20.4. The van der Waals surface area contributed by atoms with Gasteiger partial charge < -0.3 is 0 Å². The molecule has 1 saturated heterocycles. The van der Waals surface area contributed by atoms with E-state index in [2.05, 4.69) is 36.4 Å². The number of benzene rings is 4. The first kappa shape index (κ1) is 22.8. The number of fused-ring (bicyclic) bond motifs is 3. The number of nitrogens with zero attached hydrogens (tertiary/aromatic N) is 1. The Balaban J connectivity index is 1.52. The van der Waals surface area contributed by atoms with Crippen LogP contribution in [0.1, 0.15) is 36.1 Å². The van der Waals surface area contributed by atoms with E-state index in [4.69, 9.17) is 0 Å². The second-order valence-electron chi connectivity index (χ2n) is 9.56. The normalized spacial score (nSPS) is 16.5. The highest BCUT2D eigenvalue weighted by Crippen LogP contribution is 2.56. The second-order valence-corrected chi connectivity index (χ2v) is 9.56. The minimum atomic E-state index is -2.22. The third kappa shape index (κ3) is 2.74. The summed E-state index contributed by atoms with van der Waals surface area (Å²) in [6.45, 7) is 2.21. The number of amides is 2. The largest absolute Gasteiger partial charge is 0.298 e. The van der Waals surface area contributed by atoms with Gasteiger partial charge in [0.2, 0.25) is 5.41 Å². The molecule has 4 aromatic carbocycles. The van der Waals surface area contributed by atoms with Crippen LogP contribution in [0.2, 0.25) is 0 Å². The molecule has 1 fully saturated rings. The van der Waals surface area contributed by atoms with E-state index in [-0.39, 0.29) is 0 Å². The average Bonchev–Trinajstić information content (AvgIpc) is 3.21. The molecule has 5 nitrogen and oxygen atoms in total. The van der Waals surface area contributed by atoms with Gasteiger partial charge in [-0.3, -0.25) is 19.2 Å². The highest BCUT2D eigenvalue weighted by Gasteiger charge is 2.68. The molecule has 6 rings (SSSR count). The van der Waals surface area contributed by atoms with Crippen molar-refractivity contribution in [1.82, 2.24) is 0 Å². The van der Waals surface area contributed by atoms with Crippen molar-refractivity contribution >= 4 is 29.1 Å². The first-order valence-corrected chi connectivity index (χ1v) is 12.1. The Morgan fingerprint density at radius 2 is 1.00 bits per heavy atom. The molecule has 37 heavy (non-hydrogen) atoms. The summed E-state index contributed by atoms with van der Waals surface area (Å²) in [5.74, 6) is -3.07. The number of carbonyl (C=O) groups is 4. The van der Waals surface area contributed by atoms with Gasteiger partial charge in [0.1, 0.15) is 0 Å². The van der Waals surface area contributed by atoms with Crippen molar-refractivity contribution in [2.45, 2.75) is 19.3 Å². The van der Waals surface area contributed by atoms with E-state index in [1.54, 1.807) is 12.1 Å². The molecule has 1 aliphatic heterocycles. The minimum absolute atomic E-state index is 0.333. The van der Waals surface area contributed by atoms with Crippen LogP contribution < -0.4 is 4.90 Å². The molecule has 0 unspecified atom stereocenters. The molecule has 1 heterocycles. The number of rotatable bonds is 5. The maximum atomic E-state index is 13.0. The smallest absolute Gasteiger partial charge is 0.264 e. The fraction of sp³-hybridized carbons (Fsp3) is 0.125. The van der Waals surface area contributed by atoms with Crippen LogP contribution >= 0.6 is 0 Å². The first-order valence-electron chi connectivity index (χ1n) is 12.1. The Kier molecular flexibility index (Phi) is 4.89. The van der Waals surface area contributed by atoms with Crippen LogP contribution in [-0.4, -0.2) is 23.4 Å². The van der Waals surface area contributed by atoms with E-state index in [1.807, 2.05) is 54.6 Å². The highest BCUT2D eigenvalue weighted by molar-refractivity contribution is 6.54. The van der Waals surface area contributed by atoms with Crippen LogP contribution in [0.5, 0.6) is 0 Å². The quantitative estimate of drug-likeness (QED) is 0.257. The second kappa shape index (κ2) is 7.93. The third-order valence-electron chi connectivity index (χ3n) is 7.82. The van der Waals surface area contributed by atoms with Crippen molar-refractivity contribution in [3.05, 3.63) is 125 Å². The Hall–Kier alpha value is -4.64.